The SMILES string of the molecule is N#Cc1ccc(Cn2ccnc2)cc1Oc1ccc2[nH]c(=O)ccc2c1. The lowest BCUT2D eigenvalue weighted by Crippen LogP contribution is -2.02. The molecule has 0 radical (unpaired) electrons. The fraction of sp³-hybridized carbons (Fsp3) is 0.0500. The molecule has 0 aliphatic carbocycles. The maximum Gasteiger partial charge on any atom is 0.248 e. The first-order valence-corrected chi connectivity index (χ1v) is 8.01. The van der Waals surface area contributed by atoms with Crippen LogP contribution in [0.3, 0.4) is 0 Å². The fourth-order valence-corrected chi connectivity index (χ4v) is 2.76. The number of hydrogen-bond acceptors (Lipinski definition) is 4. The second kappa shape index (κ2) is 6.57. The van der Waals surface area contributed by atoms with Crippen molar-refractivity contribution in [3.63, 3.8) is 0 Å². The van der Waals surface area contributed by atoms with Crippen molar-refractivity contribution in [3.05, 3.63) is 88.7 Å². The molecule has 0 saturated carbocycles. The predicted octanol–water partition coefficient (Wildman–Crippen LogP) is 3.44. The van der Waals surface area contributed by atoms with Gasteiger partial charge in [-0.05, 0) is 42.0 Å². The Morgan fingerprint density at radius 3 is 2.88 bits per heavy atom. The van der Waals surface area contributed by atoms with E-state index in [2.05, 4.69) is 16.0 Å². The Bertz CT molecular complexity index is 1170. The largest absolute Gasteiger partial charge is 0.456 e. The summed E-state index contributed by atoms with van der Waals surface area (Å²) in [5.41, 5.74) is 2.05. The second-order valence-corrected chi connectivity index (χ2v) is 5.85. The Kier molecular flexibility index (Phi) is 3.96. The van der Waals surface area contributed by atoms with E-state index in [9.17, 15) is 10.1 Å². The minimum absolute atomic E-state index is 0.148. The Morgan fingerprint density at radius 2 is 2.08 bits per heavy atom. The first kappa shape index (κ1) is 15.7. The molecular weight excluding hydrogens is 328 g/mol. The van der Waals surface area contributed by atoms with Crippen LogP contribution >= 0.6 is 0 Å². The van der Waals surface area contributed by atoms with E-state index in [4.69, 9.17) is 4.74 Å². The minimum atomic E-state index is -0.148. The van der Waals surface area contributed by atoms with Crippen molar-refractivity contribution in [1.82, 2.24) is 14.5 Å². The molecule has 2 heterocycles. The second-order valence-electron chi connectivity index (χ2n) is 5.85. The molecule has 0 unspecified atom stereocenters. The Labute approximate surface area is 148 Å². The lowest BCUT2D eigenvalue weighted by atomic mass is 10.1. The number of rotatable bonds is 4. The number of aromatic amines is 1. The highest BCUT2D eigenvalue weighted by atomic mass is 16.5. The third kappa shape index (κ3) is 3.19. The number of hydrogen-bond donors (Lipinski definition) is 1. The number of nitrogens with zero attached hydrogens (tertiary/aromatic N) is 3. The highest BCUT2D eigenvalue weighted by Crippen LogP contribution is 2.28. The summed E-state index contributed by atoms with van der Waals surface area (Å²) < 4.78 is 7.90. The zero-order valence-electron chi connectivity index (χ0n) is 13.7. The molecule has 1 N–H and O–H groups in total. The maximum atomic E-state index is 11.4. The summed E-state index contributed by atoms with van der Waals surface area (Å²) in [4.78, 5) is 18.2. The first-order valence-electron chi connectivity index (χ1n) is 8.01. The third-order valence-corrected chi connectivity index (χ3v) is 4.01. The Hall–Kier alpha value is -3.85. The molecule has 0 aliphatic heterocycles. The third-order valence-electron chi connectivity index (χ3n) is 4.01. The van der Waals surface area contributed by atoms with E-state index in [1.165, 1.54) is 6.07 Å². The van der Waals surface area contributed by atoms with E-state index >= 15 is 0 Å². The van der Waals surface area contributed by atoms with E-state index < -0.39 is 0 Å². The molecule has 126 valence electrons. The van der Waals surface area contributed by atoms with E-state index in [0.717, 1.165) is 16.5 Å². The van der Waals surface area contributed by atoms with Crippen LogP contribution in [0.4, 0.5) is 0 Å². The number of imidazole rings is 1. The van der Waals surface area contributed by atoms with Crippen LogP contribution in [0.5, 0.6) is 11.5 Å². The summed E-state index contributed by atoms with van der Waals surface area (Å²) in [5, 5.41) is 10.2. The molecule has 2 aromatic carbocycles. The van der Waals surface area contributed by atoms with Crippen molar-refractivity contribution in [2.24, 2.45) is 0 Å². The van der Waals surface area contributed by atoms with Crippen LogP contribution in [-0.2, 0) is 6.54 Å². The van der Waals surface area contributed by atoms with Crippen molar-refractivity contribution in [2.45, 2.75) is 6.54 Å². The molecule has 0 saturated heterocycles. The van der Waals surface area contributed by atoms with Crippen molar-refractivity contribution < 1.29 is 4.74 Å². The standard InChI is InChI=1S/C20H14N4O2/c21-11-16-2-1-14(12-24-8-7-22-13-24)9-19(16)26-17-4-5-18-15(10-17)3-6-20(25)23-18/h1-10,13H,12H2,(H,23,25). The summed E-state index contributed by atoms with van der Waals surface area (Å²) in [6, 6.07) is 16.2. The van der Waals surface area contributed by atoms with Gasteiger partial charge in [0, 0.05) is 35.9 Å². The quantitative estimate of drug-likeness (QED) is 0.616. The van der Waals surface area contributed by atoms with Gasteiger partial charge in [0.05, 0.1) is 11.9 Å². The molecule has 0 aliphatic rings. The summed E-state index contributed by atoms with van der Waals surface area (Å²) >= 11 is 0. The van der Waals surface area contributed by atoms with Gasteiger partial charge >= 0.3 is 0 Å². The van der Waals surface area contributed by atoms with E-state index in [1.807, 2.05) is 29.0 Å². The van der Waals surface area contributed by atoms with Gasteiger partial charge in [0.2, 0.25) is 5.56 Å². The van der Waals surface area contributed by atoms with Crippen LogP contribution < -0.4 is 10.3 Å². The number of nitriles is 1. The van der Waals surface area contributed by atoms with Gasteiger partial charge in [-0.3, -0.25) is 4.79 Å². The Balaban J connectivity index is 1.67. The van der Waals surface area contributed by atoms with Gasteiger partial charge < -0.3 is 14.3 Å². The summed E-state index contributed by atoms with van der Waals surface area (Å²) in [5.74, 6) is 1.09. The molecule has 0 spiro atoms. The summed E-state index contributed by atoms with van der Waals surface area (Å²) in [6.07, 6.45) is 5.34. The molecule has 26 heavy (non-hydrogen) atoms. The molecule has 6 nitrogen and oxygen atoms in total. The number of ether oxygens (including phenoxy) is 1. The van der Waals surface area contributed by atoms with Crippen LogP contribution in [0.15, 0.2) is 72.0 Å². The maximum absolute atomic E-state index is 11.4. The number of nitrogens with one attached hydrogen (secondary N) is 1. The van der Waals surface area contributed by atoms with Crippen molar-refractivity contribution in [1.29, 1.82) is 5.26 Å². The van der Waals surface area contributed by atoms with Gasteiger partial charge in [0.15, 0.2) is 0 Å². The monoisotopic (exact) mass is 342 g/mol. The summed E-state index contributed by atoms with van der Waals surface area (Å²) in [6.45, 7) is 0.640. The average Bonchev–Trinajstić information content (AvgIpc) is 3.15. The first-order chi connectivity index (χ1) is 12.7. The van der Waals surface area contributed by atoms with Crippen LogP contribution in [-0.4, -0.2) is 14.5 Å². The molecule has 0 atom stereocenters. The smallest absolute Gasteiger partial charge is 0.248 e. The van der Waals surface area contributed by atoms with Gasteiger partial charge in [-0.25, -0.2) is 4.98 Å². The van der Waals surface area contributed by atoms with E-state index in [-0.39, 0.29) is 5.56 Å². The molecule has 0 amide bonds. The van der Waals surface area contributed by atoms with Crippen LogP contribution in [0.1, 0.15) is 11.1 Å². The molecular formula is C20H14N4O2. The van der Waals surface area contributed by atoms with Gasteiger partial charge in [-0.2, -0.15) is 5.26 Å². The Morgan fingerprint density at radius 1 is 1.15 bits per heavy atom. The number of pyridine rings is 1. The predicted molar refractivity (Wildman–Crippen MR) is 97.1 cm³/mol. The van der Waals surface area contributed by atoms with Crippen molar-refractivity contribution >= 4 is 10.9 Å². The molecule has 4 aromatic rings. The number of aromatic nitrogens is 3. The topological polar surface area (TPSA) is 83.7 Å². The lowest BCUT2D eigenvalue weighted by molar-refractivity contribution is 0.481. The highest BCUT2D eigenvalue weighted by molar-refractivity contribution is 5.79. The molecule has 0 bridgehead atoms. The number of H-pyrrole nitrogens is 1. The molecule has 4 rings (SSSR count). The van der Waals surface area contributed by atoms with E-state index in [1.54, 1.807) is 36.8 Å². The van der Waals surface area contributed by atoms with Gasteiger partial charge in [0.1, 0.15) is 17.6 Å². The molecule has 2 aromatic heterocycles. The van der Waals surface area contributed by atoms with Crippen LogP contribution in [0, 0.1) is 11.3 Å². The minimum Gasteiger partial charge on any atom is -0.456 e. The van der Waals surface area contributed by atoms with Crippen LogP contribution in [0.25, 0.3) is 10.9 Å². The molecule has 0 fully saturated rings. The molecule has 6 heteroatoms. The highest BCUT2D eigenvalue weighted by Gasteiger charge is 2.08. The van der Waals surface area contributed by atoms with E-state index in [0.29, 0.717) is 23.6 Å². The number of fused-ring (bicyclic) bond motifs is 1. The van der Waals surface area contributed by atoms with Gasteiger partial charge in [0.25, 0.3) is 0 Å². The van der Waals surface area contributed by atoms with Crippen LogP contribution in [0.2, 0.25) is 0 Å². The zero-order valence-corrected chi connectivity index (χ0v) is 13.7. The number of benzene rings is 2. The zero-order chi connectivity index (χ0) is 17.9. The van der Waals surface area contributed by atoms with Crippen molar-refractivity contribution in [2.75, 3.05) is 0 Å². The van der Waals surface area contributed by atoms with Crippen molar-refractivity contribution in [3.8, 4) is 17.6 Å². The average molecular weight is 342 g/mol. The van der Waals surface area contributed by atoms with Gasteiger partial charge in [-0.1, -0.05) is 6.07 Å². The lowest BCUT2D eigenvalue weighted by Gasteiger charge is -2.11. The fourth-order valence-electron chi connectivity index (χ4n) is 2.76. The normalized spacial score (nSPS) is 10.6. The summed E-state index contributed by atoms with van der Waals surface area (Å²) in [7, 11) is 0. The van der Waals surface area contributed by atoms with Gasteiger partial charge in [-0.15, -0.1) is 0 Å².